The minimum absolute atomic E-state index is 0. The molecule has 4 aromatic heterocycles. The molecule has 0 radical (unpaired) electrons. The van der Waals surface area contributed by atoms with Gasteiger partial charge >= 0.3 is 29.6 Å². The van der Waals surface area contributed by atoms with Crippen LogP contribution < -0.4 is 34.7 Å². The molecule has 0 saturated carbocycles. The molecule has 0 aliphatic rings. The Morgan fingerprint density at radius 3 is 2.59 bits per heavy atom. The van der Waals surface area contributed by atoms with Crippen LogP contribution in [0.4, 0.5) is 4.39 Å². The van der Waals surface area contributed by atoms with E-state index in [1.165, 1.54) is 30.1 Å². The van der Waals surface area contributed by atoms with E-state index in [1.807, 2.05) is 6.26 Å². The second kappa shape index (κ2) is 9.97. The summed E-state index contributed by atoms with van der Waals surface area (Å²) in [6, 6.07) is 9.51. The van der Waals surface area contributed by atoms with Crippen LogP contribution in [0.15, 0.2) is 60.1 Å². The van der Waals surface area contributed by atoms with Crippen LogP contribution >= 0.6 is 11.8 Å². The van der Waals surface area contributed by atoms with Crippen LogP contribution in [-0.4, -0.2) is 51.6 Å². The number of hydrogen-bond acceptors (Lipinski definition) is 9. The van der Waals surface area contributed by atoms with E-state index >= 15 is 0 Å². The van der Waals surface area contributed by atoms with Gasteiger partial charge in [0.25, 0.3) is 0 Å². The third-order valence-corrected chi connectivity index (χ3v) is 5.32. The Hall–Kier alpha value is -3.19. The summed E-state index contributed by atoms with van der Waals surface area (Å²) in [5, 5.41) is 19.2. The number of carboxylic acid groups (broad SMARTS) is 1. The van der Waals surface area contributed by atoms with Crippen molar-refractivity contribution in [2.24, 2.45) is 0 Å². The van der Waals surface area contributed by atoms with Gasteiger partial charge in [0.05, 0.1) is 30.1 Å². The molecular formula is C21H14FN8NaO2S. The maximum atomic E-state index is 13.5. The minimum atomic E-state index is -1.27. The quantitative estimate of drug-likeness (QED) is 0.165. The van der Waals surface area contributed by atoms with Crippen LogP contribution in [0.5, 0.6) is 0 Å². The molecule has 0 aliphatic carbocycles. The molecule has 0 aliphatic heterocycles. The van der Waals surface area contributed by atoms with Gasteiger partial charge in [-0.15, -0.1) is 5.10 Å². The van der Waals surface area contributed by atoms with Gasteiger partial charge in [0.2, 0.25) is 5.78 Å². The number of rotatable bonds is 6. The van der Waals surface area contributed by atoms with Gasteiger partial charge in [-0.25, -0.2) is 29.0 Å². The first-order valence-corrected chi connectivity index (χ1v) is 10.9. The van der Waals surface area contributed by atoms with Gasteiger partial charge in [0.15, 0.2) is 5.16 Å². The van der Waals surface area contributed by atoms with E-state index in [0.717, 1.165) is 4.68 Å². The summed E-state index contributed by atoms with van der Waals surface area (Å²) < 4.78 is 16.5. The molecule has 10 nitrogen and oxygen atoms in total. The van der Waals surface area contributed by atoms with E-state index in [9.17, 15) is 14.3 Å². The standard InChI is InChI=1S/C21H15FN8O2S.Na/c1-33-21-23-8-6-15(25-21)19-18(12-2-4-13(22)5-3-12)26-20-24-14(7-9-30(19)20)16-10-29(28-27-16)11-17(31)32;/h2-10H,11H2,1H3,(H,31,32);/q;+1/p-1. The normalized spacial score (nSPS) is 10.9. The zero-order valence-electron chi connectivity index (χ0n) is 18.1. The fourth-order valence-corrected chi connectivity index (χ4v) is 3.68. The Balaban J connectivity index is 0.00000274. The van der Waals surface area contributed by atoms with Crippen molar-refractivity contribution in [1.82, 2.24) is 39.3 Å². The molecule has 0 fully saturated rings. The summed E-state index contributed by atoms with van der Waals surface area (Å²) in [5.74, 6) is -1.26. The molecule has 4 heterocycles. The molecule has 1 aromatic carbocycles. The van der Waals surface area contributed by atoms with Crippen LogP contribution in [0.1, 0.15) is 0 Å². The molecule has 0 atom stereocenters. The number of carboxylic acids is 1. The molecule has 0 amide bonds. The Morgan fingerprint density at radius 2 is 1.85 bits per heavy atom. The second-order valence-corrected chi connectivity index (χ2v) is 7.67. The molecule has 5 aromatic rings. The van der Waals surface area contributed by atoms with E-state index < -0.39 is 12.5 Å². The van der Waals surface area contributed by atoms with E-state index in [1.54, 1.807) is 41.1 Å². The number of halogens is 1. The number of carbonyl (C=O) groups is 1. The second-order valence-electron chi connectivity index (χ2n) is 6.90. The Kier molecular flexibility index (Phi) is 7.03. The Labute approximate surface area is 218 Å². The summed E-state index contributed by atoms with van der Waals surface area (Å²) >= 11 is 1.41. The summed E-state index contributed by atoms with van der Waals surface area (Å²) in [6.07, 6.45) is 6.79. The number of thioether (sulfide) groups is 1. The molecule has 0 N–H and O–H groups in total. The van der Waals surface area contributed by atoms with E-state index in [-0.39, 0.29) is 35.4 Å². The maximum Gasteiger partial charge on any atom is 1.00 e. The minimum Gasteiger partial charge on any atom is -0.548 e. The van der Waals surface area contributed by atoms with Crippen molar-refractivity contribution in [3.05, 3.63) is 60.8 Å². The van der Waals surface area contributed by atoms with E-state index in [2.05, 4.69) is 30.2 Å². The molecule has 34 heavy (non-hydrogen) atoms. The van der Waals surface area contributed by atoms with Crippen LogP contribution in [-0.2, 0) is 11.3 Å². The number of carbonyl (C=O) groups excluding carboxylic acids is 1. The Morgan fingerprint density at radius 1 is 1.06 bits per heavy atom. The number of nitrogens with zero attached hydrogens (tertiary/aromatic N) is 8. The monoisotopic (exact) mass is 484 g/mol. The summed E-state index contributed by atoms with van der Waals surface area (Å²) in [4.78, 5) is 28.9. The zero-order valence-corrected chi connectivity index (χ0v) is 20.9. The SMILES string of the molecule is CSc1nccc(-c2c(-c3ccc(F)cc3)nc3nc(-c4cn(CC(=O)[O-])nn4)ccn23)n1.[Na+]. The number of aliphatic carboxylic acids is 1. The zero-order chi connectivity index (χ0) is 22.9. The molecule has 0 saturated heterocycles. The smallest absolute Gasteiger partial charge is 0.548 e. The predicted octanol–water partition coefficient (Wildman–Crippen LogP) is -1.27. The first-order valence-electron chi connectivity index (χ1n) is 9.64. The average Bonchev–Trinajstić information content (AvgIpc) is 3.43. The fourth-order valence-electron chi connectivity index (χ4n) is 3.32. The topological polar surface area (TPSA) is 127 Å². The van der Waals surface area contributed by atoms with Gasteiger partial charge in [-0.05, 0) is 42.7 Å². The Bertz CT molecular complexity index is 1490. The maximum absolute atomic E-state index is 13.5. The van der Waals surface area contributed by atoms with Crippen LogP contribution in [0.25, 0.3) is 39.8 Å². The molecule has 0 spiro atoms. The summed E-state index contributed by atoms with van der Waals surface area (Å²) in [7, 11) is 0. The molecule has 13 heteroatoms. The van der Waals surface area contributed by atoms with Crippen molar-refractivity contribution in [3.8, 4) is 34.0 Å². The van der Waals surface area contributed by atoms with Crippen molar-refractivity contribution in [1.29, 1.82) is 0 Å². The van der Waals surface area contributed by atoms with Gasteiger partial charge in [-0.3, -0.25) is 4.40 Å². The molecular weight excluding hydrogens is 470 g/mol. The molecule has 0 bridgehead atoms. The third kappa shape index (κ3) is 4.71. The molecule has 0 unspecified atom stereocenters. The van der Waals surface area contributed by atoms with Gasteiger partial charge < -0.3 is 9.90 Å². The summed E-state index contributed by atoms with van der Waals surface area (Å²) in [5.41, 5.74) is 3.43. The van der Waals surface area contributed by atoms with Gasteiger partial charge in [0, 0.05) is 18.0 Å². The van der Waals surface area contributed by atoms with Crippen LogP contribution in [0.2, 0.25) is 0 Å². The van der Waals surface area contributed by atoms with Crippen molar-refractivity contribution >= 4 is 23.5 Å². The van der Waals surface area contributed by atoms with Gasteiger partial charge in [-0.1, -0.05) is 17.0 Å². The largest absolute Gasteiger partial charge is 1.00 e. The first kappa shape index (κ1) is 24.0. The number of aromatic nitrogens is 8. The van der Waals surface area contributed by atoms with Crippen LogP contribution in [0, 0.1) is 5.82 Å². The molecule has 164 valence electrons. The van der Waals surface area contributed by atoms with Crippen molar-refractivity contribution in [2.75, 3.05) is 6.26 Å². The van der Waals surface area contributed by atoms with Gasteiger partial charge in [0.1, 0.15) is 22.9 Å². The fraction of sp³-hybridized carbons (Fsp3) is 0.0952. The predicted molar refractivity (Wildman–Crippen MR) is 115 cm³/mol. The van der Waals surface area contributed by atoms with Crippen molar-refractivity contribution < 1.29 is 43.8 Å². The number of fused-ring (bicyclic) bond motifs is 1. The summed E-state index contributed by atoms with van der Waals surface area (Å²) in [6.45, 7) is -0.414. The molecule has 5 rings (SSSR count). The van der Waals surface area contributed by atoms with E-state index in [0.29, 0.717) is 45.0 Å². The number of benzene rings is 1. The van der Waals surface area contributed by atoms with Crippen LogP contribution in [0.3, 0.4) is 0 Å². The van der Waals surface area contributed by atoms with E-state index in [4.69, 9.17) is 0 Å². The number of imidazole rings is 1. The third-order valence-electron chi connectivity index (χ3n) is 4.76. The van der Waals surface area contributed by atoms with Crippen molar-refractivity contribution in [2.45, 2.75) is 11.7 Å². The average molecular weight is 484 g/mol. The van der Waals surface area contributed by atoms with Gasteiger partial charge in [-0.2, -0.15) is 0 Å². The number of hydrogen-bond donors (Lipinski definition) is 0. The van der Waals surface area contributed by atoms with Crippen molar-refractivity contribution in [3.63, 3.8) is 0 Å². The first-order chi connectivity index (χ1) is 16.0.